The fraction of sp³-hybridized carbons (Fsp3) is 0.562. The molecule has 24 heavy (non-hydrogen) atoms. The standard InChI is InChI=1S/C16H21N3O3S2/c1-4-18(5-2)16-17-13-11(24-16)8-12(23-13)14(20)19(10-6-7-10)9(3)15(21)22/h8-10H,4-7H2,1-3H3,(H,21,22). The molecule has 0 spiro atoms. The zero-order valence-corrected chi connectivity index (χ0v) is 15.6. The lowest BCUT2D eigenvalue weighted by atomic mass is 10.2. The first kappa shape index (κ1) is 17.2. The molecule has 1 amide bonds. The molecule has 1 aliphatic rings. The highest BCUT2D eigenvalue weighted by Crippen LogP contribution is 2.37. The molecule has 2 aromatic rings. The number of carboxylic acids is 1. The maximum atomic E-state index is 12.8. The van der Waals surface area contributed by atoms with Crippen LogP contribution in [0.1, 0.15) is 43.3 Å². The van der Waals surface area contributed by atoms with Gasteiger partial charge in [-0.2, -0.15) is 0 Å². The number of rotatable bonds is 7. The molecule has 8 heteroatoms. The van der Waals surface area contributed by atoms with Gasteiger partial charge < -0.3 is 14.9 Å². The van der Waals surface area contributed by atoms with E-state index in [0.29, 0.717) is 4.88 Å². The molecular weight excluding hydrogens is 346 g/mol. The van der Waals surface area contributed by atoms with E-state index in [1.807, 2.05) is 6.07 Å². The average molecular weight is 367 g/mol. The predicted octanol–water partition coefficient (Wildman–Crippen LogP) is 3.28. The fourth-order valence-corrected chi connectivity index (χ4v) is 5.00. The highest BCUT2D eigenvalue weighted by Gasteiger charge is 2.39. The quantitative estimate of drug-likeness (QED) is 0.813. The van der Waals surface area contributed by atoms with Gasteiger partial charge in [0, 0.05) is 19.1 Å². The van der Waals surface area contributed by atoms with Gasteiger partial charge in [0.2, 0.25) is 0 Å². The minimum Gasteiger partial charge on any atom is -0.480 e. The van der Waals surface area contributed by atoms with Crippen LogP contribution in [0.3, 0.4) is 0 Å². The molecule has 1 atom stereocenters. The normalized spacial score (nSPS) is 15.5. The monoisotopic (exact) mass is 367 g/mol. The number of hydrogen-bond donors (Lipinski definition) is 1. The van der Waals surface area contributed by atoms with Crippen LogP contribution >= 0.6 is 22.7 Å². The summed E-state index contributed by atoms with van der Waals surface area (Å²) in [6, 6.07) is 1.11. The minimum atomic E-state index is -0.962. The molecule has 6 nitrogen and oxygen atoms in total. The van der Waals surface area contributed by atoms with Gasteiger partial charge in [-0.25, -0.2) is 9.78 Å². The summed E-state index contributed by atoms with van der Waals surface area (Å²) < 4.78 is 0.990. The molecule has 1 saturated carbocycles. The van der Waals surface area contributed by atoms with Gasteiger partial charge >= 0.3 is 5.97 Å². The van der Waals surface area contributed by atoms with Crippen molar-refractivity contribution in [3.63, 3.8) is 0 Å². The zero-order chi connectivity index (χ0) is 17.4. The highest BCUT2D eigenvalue weighted by molar-refractivity contribution is 7.29. The Hall–Kier alpha value is -1.67. The molecule has 1 aliphatic carbocycles. The van der Waals surface area contributed by atoms with Gasteiger partial charge in [-0.05, 0) is 39.7 Å². The molecule has 0 saturated heterocycles. The van der Waals surface area contributed by atoms with E-state index in [0.717, 1.165) is 40.6 Å². The van der Waals surface area contributed by atoms with Crippen molar-refractivity contribution in [2.24, 2.45) is 0 Å². The number of aromatic nitrogens is 1. The van der Waals surface area contributed by atoms with Crippen molar-refractivity contribution in [3.8, 4) is 0 Å². The Bertz CT molecular complexity index is 730. The SMILES string of the molecule is CCN(CC)c1nc2sc(C(=O)N(C3CC3)C(C)C(=O)O)cc2s1. The average Bonchev–Trinajstić information content (AvgIpc) is 3.17. The number of fused-ring (bicyclic) bond motifs is 1. The Morgan fingerprint density at radius 1 is 1.33 bits per heavy atom. The van der Waals surface area contributed by atoms with E-state index in [4.69, 9.17) is 0 Å². The Morgan fingerprint density at radius 2 is 2.00 bits per heavy atom. The maximum absolute atomic E-state index is 12.8. The third-order valence-electron chi connectivity index (χ3n) is 4.27. The summed E-state index contributed by atoms with van der Waals surface area (Å²) in [7, 11) is 0. The summed E-state index contributed by atoms with van der Waals surface area (Å²) in [5.41, 5.74) is 0. The van der Waals surface area contributed by atoms with Crippen LogP contribution in [0.25, 0.3) is 9.53 Å². The van der Waals surface area contributed by atoms with Crippen molar-refractivity contribution in [2.75, 3.05) is 18.0 Å². The Morgan fingerprint density at radius 3 is 2.50 bits per heavy atom. The number of thiazole rings is 1. The lowest BCUT2D eigenvalue weighted by Gasteiger charge is -2.25. The number of carbonyl (C=O) groups excluding carboxylic acids is 1. The molecular formula is C16H21N3O3S2. The fourth-order valence-electron chi connectivity index (χ4n) is 2.72. The number of carboxylic acid groups (broad SMARTS) is 1. The predicted molar refractivity (Wildman–Crippen MR) is 97.3 cm³/mol. The largest absolute Gasteiger partial charge is 0.480 e. The molecule has 0 aliphatic heterocycles. The number of thiophene rings is 1. The molecule has 0 radical (unpaired) electrons. The van der Waals surface area contributed by atoms with Crippen LogP contribution in [-0.2, 0) is 4.79 Å². The first-order valence-corrected chi connectivity index (χ1v) is 9.80. The number of anilines is 1. The number of nitrogens with zero attached hydrogens (tertiary/aromatic N) is 3. The first-order chi connectivity index (χ1) is 11.5. The van der Waals surface area contributed by atoms with E-state index in [1.54, 1.807) is 18.3 Å². The van der Waals surface area contributed by atoms with Crippen molar-refractivity contribution in [1.82, 2.24) is 9.88 Å². The van der Waals surface area contributed by atoms with Crippen molar-refractivity contribution in [1.29, 1.82) is 0 Å². The number of carbonyl (C=O) groups is 2. The highest BCUT2D eigenvalue weighted by atomic mass is 32.1. The van der Waals surface area contributed by atoms with E-state index < -0.39 is 12.0 Å². The smallest absolute Gasteiger partial charge is 0.326 e. The van der Waals surface area contributed by atoms with Crippen LogP contribution in [-0.4, -0.2) is 52.0 Å². The second kappa shape index (κ2) is 6.68. The molecule has 3 rings (SSSR count). The summed E-state index contributed by atoms with van der Waals surface area (Å²) >= 11 is 2.94. The van der Waals surface area contributed by atoms with Gasteiger partial charge in [0.1, 0.15) is 10.9 Å². The van der Waals surface area contributed by atoms with E-state index >= 15 is 0 Å². The van der Waals surface area contributed by atoms with Gasteiger partial charge in [-0.3, -0.25) is 4.79 Å². The minimum absolute atomic E-state index is 0.0583. The summed E-state index contributed by atoms with van der Waals surface area (Å²) in [5, 5.41) is 10.2. The topological polar surface area (TPSA) is 73.7 Å². The first-order valence-electron chi connectivity index (χ1n) is 8.17. The van der Waals surface area contributed by atoms with Crippen LogP contribution in [0.4, 0.5) is 5.13 Å². The molecule has 1 N–H and O–H groups in total. The van der Waals surface area contributed by atoms with Gasteiger partial charge in [-0.15, -0.1) is 11.3 Å². The van der Waals surface area contributed by atoms with Crippen LogP contribution < -0.4 is 4.90 Å². The molecule has 0 aromatic carbocycles. The molecule has 1 fully saturated rings. The second-order valence-electron chi connectivity index (χ2n) is 5.91. The van der Waals surface area contributed by atoms with Crippen LogP contribution in [0.15, 0.2) is 6.07 Å². The Labute approximate surface area is 148 Å². The lowest BCUT2D eigenvalue weighted by molar-refractivity contribution is -0.141. The van der Waals surface area contributed by atoms with Gasteiger partial charge in [0.05, 0.1) is 9.58 Å². The van der Waals surface area contributed by atoms with Gasteiger partial charge in [-0.1, -0.05) is 11.3 Å². The lowest BCUT2D eigenvalue weighted by Crippen LogP contribution is -2.44. The van der Waals surface area contributed by atoms with E-state index in [1.165, 1.54) is 16.2 Å². The summed E-state index contributed by atoms with van der Waals surface area (Å²) in [4.78, 5) is 33.9. The number of hydrogen-bond acceptors (Lipinski definition) is 6. The summed E-state index contributed by atoms with van der Waals surface area (Å²) in [6.07, 6.45) is 1.76. The third kappa shape index (κ3) is 3.12. The maximum Gasteiger partial charge on any atom is 0.326 e. The third-order valence-corrected chi connectivity index (χ3v) is 6.48. The van der Waals surface area contributed by atoms with E-state index in [2.05, 4.69) is 23.7 Å². The Balaban J connectivity index is 1.87. The van der Waals surface area contributed by atoms with E-state index in [9.17, 15) is 14.7 Å². The Kier molecular flexibility index (Phi) is 4.78. The summed E-state index contributed by atoms with van der Waals surface area (Å²) in [6.45, 7) is 7.55. The molecule has 1 unspecified atom stereocenters. The molecule has 130 valence electrons. The van der Waals surface area contributed by atoms with Gasteiger partial charge in [0.15, 0.2) is 5.13 Å². The van der Waals surface area contributed by atoms with Gasteiger partial charge in [0.25, 0.3) is 5.91 Å². The van der Waals surface area contributed by atoms with Crippen molar-refractivity contribution >= 4 is 49.2 Å². The number of amides is 1. The van der Waals surface area contributed by atoms with E-state index in [-0.39, 0.29) is 11.9 Å². The number of aliphatic carboxylic acids is 1. The van der Waals surface area contributed by atoms with Crippen molar-refractivity contribution < 1.29 is 14.7 Å². The molecule has 0 bridgehead atoms. The zero-order valence-electron chi connectivity index (χ0n) is 14.0. The van der Waals surface area contributed by atoms with Crippen molar-refractivity contribution in [2.45, 2.75) is 45.7 Å². The van der Waals surface area contributed by atoms with Crippen LogP contribution in [0.5, 0.6) is 0 Å². The van der Waals surface area contributed by atoms with Crippen LogP contribution in [0.2, 0.25) is 0 Å². The molecule has 2 aromatic heterocycles. The summed E-state index contributed by atoms with van der Waals surface area (Å²) in [5.74, 6) is -1.15. The second-order valence-corrected chi connectivity index (χ2v) is 7.95. The molecule has 2 heterocycles. The van der Waals surface area contributed by atoms with Crippen LogP contribution in [0, 0.1) is 0 Å². The van der Waals surface area contributed by atoms with Crippen molar-refractivity contribution in [3.05, 3.63) is 10.9 Å².